The van der Waals surface area contributed by atoms with Gasteiger partial charge in [0, 0.05) is 24.3 Å². The average Bonchev–Trinajstić information content (AvgIpc) is 3.02. The summed E-state index contributed by atoms with van der Waals surface area (Å²) >= 11 is 1.49. The van der Waals surface area contributed by atoms with Crippen molar-refractivity contribution in [3.63, 3.8) is 0 Å². The smallest absolute Gasteiger partial charge is 0.261 e. The molecule has 1 aromatic heterocycles. The summed E-state index contributed by atoms with van der Waals surface area (Å²) in [5.74, 6) is -0.121. The van der Waals surface area contributed by atoms with Gasteiger partial charge in [-0.1, -0.05) is 18.2 Å². The molecule has 20 heavy (non-hydrogen) atoms. The average molecular weight is 291 g/mol. The van der Waals surface area contributed by atoms with Crippen LogP contribution >= 0.6 is 11.3 Å². The number of thiophene rings is 1. The summed E-state index contributed by atoms with van der Waals surface area (Å²) in [7, 11) is 0. The van der Waals surface area contributed by atoms with Crippen LogP contribution in [0, 0.1) is 6.92 Å². The van der Waals surface area contributed by atoms with Crippen LogP contribution in [0.15, 0.2) is 24.3 Å². The minimum Gasteiger partial charge on any atom is -0.386 e. The zero-order valence-corrected chi connectivity index (χ0v) is 12.1. The first kappa shape index (κ1) is 13.5. The molecule has 2 N–H and O–H groups in total. The number of ether oxygens (including phenoxy) is 1. The summed E-state index contributed by atoms with van der Waals surface area (Å²) in [5, 5.41) is 14.1. The highest BCUT2D eigenvalue weighted by molar-refractivity contribution is 7.21. The molecule has 0 spiro atoms. The maximum absolute atomic E-state index is 12.3. The molecule has 1 aliphatic heterocycles. The Kier molecular flexibility index (Phi) is 3.50. The molecule has 1 unspecified atom stereocenters. The second-order valence-corrected chi connectivity index (χ2v) is 6.31. The lowest BCUT2D eigenvalue weighted by Gasteiger charge is -2.20. The highest BCUT2D eigenvalue weighted by atomic mass is 32.1. The molecule has 2 heterocycles. The van der Waals surface area contributed by atoms with E-state index in [2.05, 4.69) is 5.32 Å². The molecule has 1 aliphatic rings. The number of aliphatic hydroxyl groups is 1. The SMILES string of the molecule is Cc1c(C(=O)NCC2(O)CCOC2)sc2ccccc12. The van der Waals surface area contributed by atoms with Gasteiger partial charge < -0.3 is 15.2 Å². The molecule has 0 bridgehead atoms. The van der Waals surface area contributed by atoms with E-state index in [-0.39, 0.29) is 12.5 Å². The monoisotopic (exact) mass is 291 g/mol. The Morgan fingerprint density at radius 2 is 2.30 bits per heavy atom. The van der Waals surface area contributed by atoms with E-state index in [9.17, 15) is 9.90 Å². The van der Waals surface area contributed by atoms with Gasteiger partial charge >= 0.3 is 0 Å². The third-order valence-electron chi connectivity index (χ3n) is 3.71. The van der Waals surface area contributed by atoms with Gasteiger partial charge in [0.2, 0.25) is 0 Å². The van der Waals surface area contributed by atoms with Crippen molar-refractivity contribution in [3.8, 4) is 0 Å². The highest BCUT2D eigenvalue weighted by Gasteiger charge is 2.32. The first-order valence-electron chi connectivity index (χ1n) is 6.65. The molecule has 1 amide bonds. The van der Waals surface area contributed by atoms with Crippen LogP contribution in [-0.4, -0.2) is 36.4 Å². The van der Waals surface area contributed by atoms with Crippen molar-refractivity contribution in [3.05, 3.63) is 34.7 Å². The molecule has 0 radical (unpaired) electrons. The third kappa shape index (κ3) is 2.44. The number of rotatable bonds is 3. The largest absolute Gasteiger partial charge is 0.386 e. The molecule has 1 aromatic carbocycles. The molecule has 2 aromatic rings. The summed E-state index contributed by atoms with van der Waals surface area (Å²) in [6, 6.07) is 7.99. The second-order valence-electron chi connectivity index (χ2n) is 5.26. The summed E-state index contributed by atoms with van der Waals surface area (Å²) in [6.07, 6.45) is 0.568. The number of carbonyl (C=O) groups is 1. The fourth-order valence-corrected chi connectivity index (χ4v) is 3.58. The van der Waals surface area contributed by atoms with Gasteiger partial charge in [0.1, 0.15) is 5.60 Å². The van der Waals surface area contributed by atoms with Gasteiger partial charge in [-0.15, -0.1) is 11.3 Å². The normalized spacial score (nSPS) is 22.3. The molecule has 3 rings (SSSR count). The van der Waals surface area contributed by atoms with Gasteiger partial charge in [-0.25, -0.2) is 0 Å². The molecule has 5 heteroatoms. The zero-order valence-electron chi connectivity index (χ0n) is 11.3. The van der Waals surface area contributed by atoms with E-state index in [0.29, 0.717) is 24.5 Å². The Morgan fingerprint density at radius 3 is 3.00 bits per heavy atom. The van der Waals surface area contributed by atoms with E-state index in [1.165, 1.54) is 11.3 Å². The molecular weight excluding hydrogens is 274 g/mol. The van der Waals surface area contributed by atoms with Crippen molar-refractivity contribution in [2.45, 2.75) is 18.9 Å². The van der Waals surface area contributed by atoms with Crippen LogP contribution in [0.5, 0.6) is 0 Å². The molecule has 0 saturated carbocycles. The standard InChI is InChI=1S/C15H17NO3S/c1-10-11-4-2-3-5-12(11)20-13(10)14(17)16-8-15(18)6-7-19-9-15/h2-5,18H,6-9H2,1H3,(H,16,17). The van der Waals surface area contributed by atoms with Gasteiger partial charge in [0.25, 0.3) is 5.91 Å². The number of fused-ring (bicyclic) bond motifs is 1. The number of benzene rings is 1. The Balaban J connectivity index is 1.77. The molecular formula is C15H17NO3S. The first-order valence-corrected chi connectivity index (χ1v) is 7.47. The van der Waals surface area contributed by atoms with Crippen molar-refractivity contribution < 1.29 is 14.6 Å². The van der Waals surface area contributed by atoms with Crippen LogP contribution < -0.4 is 5.32 Å². The molecule has 1 saturated heterocycles. The minimum atomic E-state index is -0.916. The van der Waals surface area contributed by atoms with Gasteiger partial charge in [0.15, 0.2) is 0 Å². The van der Waals surface area contributed by atoms with Gasteiger partial charge in [-0.2, -0.15) is 0 Å². The van der Waals surface area contributed by atoms with Crippen molar-refractivity contribution in [2.75, 3.05) is 19.8 Å². The van der Waals surface area contributed by atoms with E-state index in [1.54, 1.807) is 0 Å². The fraction of sp³-hybridized carbons (Fsp3) is 0.400. The van der Waals surface area contributed by atoms with Crippen LogP contribution in [0.3, 0.4) is 0 Å². The highest BCUT2D eigenvalue weighted by Crippen LogP contribution is 2.30. The van der Waals surface area contributed by atoms with E-state index < -0.39 is 5.60 Å². The first-order chi connectivity index (χ1) is 9.59. The number of aryl methyl sites for hydroxylation is 1. The molecule has 4 nitrogen and oxygen atoms in total. The van der Waals surface area contributed by atoms with Crippen molar-refractivity contribution >= 4 is 27.3 Å². The fourth-order valence-electron chi connectivity index (χ4n) is 2.45. The van der Waals surface area contributed by atoms with Gasteiger partial charge in [-0.3, -0.25) is 4.79 Å². The van der Waals surface area contributed by atoms with E-state index >= 15 is 0 Å². The Labute approximate surface area is 121 Å². The maximum Gasteiger partial charge on any atom is 0.261 e. The van der Waals surface area contributed by atoms with Crippen LogP contribution in [0.2, 0.25) is 0 Å². The maximum atomic E-state index is 12.3. The summed E-state index contributed by atoms with van der Waals surface area (Å²) in [5.41, 5.74) is 0.0815. The summed E-state index contributed by atoms with van der Waals surface area (Å²) in [4.78, 5) is 13.0. The number of nitrogens with one attached hydrogen (secondary N) is 1. The van der Waals surface area contributed by atoms with E-state index in [1.807, 2.05) is 31.2 Å². The van der Waals surface area contributed by atoms with Crippen LogP contribution in [-0.2, 0) is 4.74 Å². The minimum absolute atomic E-state index is 0.121. The lowest BCUT2D eigenvalue weighted by atomic mass is 10.0. The van der Waals surface area contributed by atoms with Crippen LogP contribution in [0.25, 0.3) is 10.1 Å². The number of hydrogen-bond acceptors (Lipinski definition) is 4. The van der Waals surface area contributed by atoms with Crippen molar-refractivity contribution in [1.82, 2.24) is 5.32 Å². The number of amides is 1. The predicted octanol–water partition coefficient (Wildman–Crippen LogP) is 2.09. The quantitative estimate of drug-likeness (QED) is 0.910. The number of carbonyl (C=O) groups excluding carboxylic acids is 1. The second kappa shape index (κ2) is 5.16. The molecule has 1 fully saturated rings. The molecule has 106 valence electrons. The van der Waals surface area contributed by atoms with Gasteiger partial charge in [0.05, 0.1) is 11.5 Å². The van der Waals surface area contributed by atoms with Crippen molar-refractivity contribution in [2.24, 2.45) is 0 Å². The van der Waals surface area contributed by atoms with Gasteiger partial charge in [-0.05, 0) is 23.9 Å². The van der Waals surface area contributed by atoms with Crippen LogP contribution in [0.1, 0.15) is 21.7 Å². The Bertz CT molecular complexity index is 644. The predicted molar refractivity (Wildman–Crippen MR) is 79.3 cm³/mol. The molecule has 0 aliphatic carbocycles. The van der Waals surface area contributed by atoms with E-state index in [0.717, 1.165) is 15.6 Å². The number of hydrogen-bond donors (Lipinski definition) is 2. The zero-order chi connectivity index (χ0) is 14.2. The lowest BCUT2D eigenvalue weighted by molar-refractivity contribution is 0.0265. The molecule has 1 atom stereocenters. The van der Waals surface area contributed by atoms with Crippen LogP contribution in [0.4, 0.5) is 0 Å². The van der Waals surface area contributed by atoms with E-state index in [4.69, 9.17) is 4.74 Å². The topological polar surface area (TPSA) is 58.6 Å². The Morgan fingerprint density at radius 1 is 1.50 bits per heavy atom. The Hall–Kier alpha value is -1.43. The lowest BCUT2D eigenvalue weighted by Crippen LogP contribution is -2.43. The summed E-state index contributed by atoms with van der Waals surface area (Å²) < 4.78 is 6.28. The van der Waals surface area contributed by atoms with Crippen molar-refractivity contribution in [1.29, 1.82) is 0 Å². The third-order valence-corrected chi connectivity index (χ3v) is 4.98. The summed E-state index contributed by atoms with van der Waals surface area (Å²) in [6.45, 7) is 3.04.